The second-order valence-corrected chi connectivity index (χ2v) is 4.74. The van der Waals surface area contributed by atoms with Gasteiger partial charge in [0.2, 0.25) is 5.91 Å². The molecule has 0 aliphatic rings. The van der Waals surface area contributed by atoms with Crippen LogP contribution in [0.15, 0.2) is 0 Å². The average molecular weight is 260 g/mol. The first-order chi connectivity index (χ1) is 8.34. The third-order valence-corrected chi connectivity index (χ3v) is 2.75. The van der Waals surface area contributed by atoms with Gasteiger partial charge < -0.3 is 21.3 Å². The number of aliphatic hydroxyl groups excluding tert-OH is 1. The molecule has 0 bridgehead atoms. The van der Waals surface area contributed by atoms with Crippen LogP contribution in [0.5, 0.6) is 0 Å². The third kappa shape index (κ3) is 8.03. The first-order valence-electron chi connectivity index (χ1n) is 6.28. The van der Waals surface area contributed by atoms with Crippen molar-refractivity contribution in [3.63, 3.8) is 0 Å². The van der Waals surface area contributed by atoms with Gasteiger partial charge in [-0.15, -0.1) is 0 Å². The van der Waals surface area contributed by atoms with Crippen molar-refractivity contribution < 1.29 is 19.8 Å². The highest BCUT2D eigenvalue weighted by atomic mass is 16.4. The largest absolute Gasteiger partial charge is 0.479 e. The summed E-state index contributed by atoms with van der Waals surface area (Å²) in [4.78, 5) is 21.9. The maximum absolute atomic E-state index is 11.6. The molecule has 0 aliphatic carbocycles. The molecule has 0 aromatic heterocycles. The molecule has 1 amide bonds. The molecule has 6 heteroatoms. The zero-order valence-electron chi connectivity index (χ0n) is 11.1. The molecule has 0 saturated carbocycles. The normalized spacial score (nSPS) is 15.8. The van der Waals surface area contributed by atoms with Gasteiger partial charge in [-0.3, -0.25) is 4.79 Å². The number of hydrogen-bond acceptors (Lipinski definition) is 4. The van der Waals surface area contributed by atoms with Crippen molar-refractivity contribution in [2.24, 2.45) is 11.7 Å². The number of carbonyl (C=O) groups excluding carboxylic acids is 1. The Morgan fingerprint density at radius 2 is 1.83 bits per heavy atom. The van der Waals surface area contributed by atoms with Crippen molar-refractivity contribution in [3.05, 3.63) is 0 Å². The Morgan fingerprint density at radius 3 is 2.33 bits per heavy atom. The van der Waals surface area contributed by atoms with Crippen molar-refractivity contribution in [1.82, 2.24) is 5.32 Å². The minimum atomic E-state index is -1.42. The molecule has 0 aromatic rings. The molecular formula is C12H24N2O4. The van der Waals surface area contributed by atoms with E-state index in [9.17, 15) is 9.59 Å². The van der Waals surface area contributed by atoms with Crippen molar-refractivity contribution >= 4 is 11.9 Å². The Bertz CT molecular complexity index is 269. The van der Waals surface area contributed by atoms with E-state index in [1.165, 1.54) is 0 Å². The fourth-order valence-corrected chi connectivity index (χ4v) is 1.51. The molecule has 0 rings (SSSR count). The van der Waals surface area contributed by atoms with E-state index in [2.05, 4.69) is 5.32 Å². The zero-order valence-corrected chi connectivity index (χ0v) is 11.1. The summed E-state index contributed by atoms with van der Waals surface area (Å²) in [5, 5.41) is 20.1. The molecule has 0 spiro atoms. The Balaban J connectivity index is 3.71. The van der Waals surface area contributed by atoms with Crippen LogP contribution < -0.4 is 11.1 Å². The number of carboxylic acid groups (broad SMARTS) is 1. The van der Waals surface area contributed by atoms with Gasteiger partial charge in [0.15, 0.2) is 6.10 Å². The number of aliphatic carboxylic acids is 1. The first kappa shape index (κ1) is 16.9. The fraction of sp³-hybridized carbons (Fsp3) is 0.833. The van der Waals surface area contributed by atoms with Gasteiger partial charge in [0.1, 0.15) is 0 Å². The van der Waals surface area contributed by atoms with Gasteiger partial charge in [0, 0.05) is 24.9 Å². The van der Waals surface area contributed by atoms with Crippen LogP contribution in [0.1, 0.15) is 39.5 Å². The molecule has 0 radical (unpaired) electrons. The topological polar surface area (TPSA) is 113 Å². The highest BCUT2D eigenvalue weighted by Gasteiger charge is 2.15. The summed E-state index contributed by atoms with van der Waals surface area (Å²) in [5.74, 6) is -1.50. The lowest BCUT2D eigenvalue weighted by atomic mass is 10.0. The van der Waals surface area contributed by atoms with Gasteiger partial charge in [0.25, 0.3) is 0 Å². The molecule has 3 atom stereocenters. The van der Waals surface area contributed by atoms with Crippen molar-refractivity contribution in [3.8, 4) is 0 Å². The molecule has 5 N–H and O–H groups in total. The van der Waals surface area contributed by atoms with E-state index in [4.69, 9.17) is 15.9 Å². The number of carbonyl (C=O) groups is 2. The fourth-order valence-electron chi connectivity index (χ4n) is 1.51. The quantitative estimate of drug-likeness (QED) is 0.469. The SMILES string of the molecule is CC(N)CCCC(C)C(=O)NCC[C@H](O)C(=O)O. The monoisotopic (exact) mass is 260 g/mol. The summed E-state index contributed by atoms with van der Waals surface area (Å²) in [5.41, 5.74) is 5.61. The number of aliphatic hydroxyl groups is 1. The molecule has 0 fully saturated rings. The van der Waals surface area contributed by atoms with Crippen LogP contribution in [0, 0.1) is 5.92 Å². The summed E-state index contributed by atoms with van der Waals surface area (Å²) in [6, 6.07) is 0.144. The average Bonchev–Trinajstić information content (AvgIpc) is 2.27. The van der Waals surface area contributed by atoms with Gasteiger partial charge >= 0.3 is 5.97 Å². The van der Waals surface area contributed by atoms with Crippen LogP contribution in [-0.2, 0) is 9.59 Å². The van der Waals surface area contributed by atoms with Crippen LogP contribution in [0.2, 0.25) is 0 Å². The molecule has 18 heavy (non-hydrogen) atoms. The summed E-state index contributed by atoms with van der Waals surface area (Å²) < 4.78 is 0. The van der Waals surface area contributed by atoms with Gasteiger partial charge in [-0.2, -0.15) is 0 Å². The van der Waals surface area contributed by atoms with Crippen LogP contribution >= 0.6 is 0 Å². The van der Waals surface area contributed by atoms with Crippen LogP contribution in [0.3, 0.4) is 0 Å². The second-order valence-electron chi connectivity index (χ2n) is 4.74. The molecule has 0 saturated heterocycles. The van der Waals surface area contributed by atoms with E-state index in [-0.39, 0.29) is 30.8 Å². The lowest BCUT2D eigenvalue weighted by Crippen LogP contribution is -2.33. The number of nitrogens with one attached hydrogen (secondary N) is 1. The number of hydrogen-bond donors (Lipinski definition) is 4. The Kier molecular flexibility index (Phi) is 8.32. The number of nitrogens with two attached hydrogens (primary N) is 1. The highest BCUT2D eigenvalue weighted by molar-refractivity contribution is 5.78. The van der Waals surface area contributed by atoms with Crippen LogP contribution in [0.4, 0.5) is 0 Å². The minimum Gasteiger partial charge on any atom is -0.479 e. The number of carboxylic acids is 1. The Labute approximate surface area is 108 Å². The minimum absolute atomic E-state index is 0.0215. The predicted octanol–water partition coefficient (Wildman–Crippen LogP) is 0.0918. The van der Waals surface area contributed by atoms with E-state index in [0.717, 1.165) is 19.3 Å². The van der Waals surface area contributed by atoms with Crippen LogP contribution in [-0.4, -0.2) is 40.8 Å². The molecule has 0 aromatic carbocycles. The van der Waals surface area contributed by atoms with Gasteiger partial charge in [-0.1, -0.05) is 13.3 Å². The molecule has 0 aliphatic heterocycles. The Hall–Kier alpha value is -1.14. The maximum atomic E-state index is 11.6. The van der Waals surface area contributed by atoms with E-state index < -0.39 is 12.1 Å². The van der Waals surface area contributed by atoms with E-state index in [1.807, 2.05) is 13.8 Å². The lowest BCUT2D eigenvalue weighted by Gasteiger charge is -2.13. The highest BCUT2D eigenvalue weighted by Crippen LogP contribution is 2.09. The number of rotatable bonds is 9. The summed E-state index contributed by atoms with van der Waals surface area (Å²) in [6.45, 7) is 3.92. The first-order valence-corrected chi connectivity index (χ1v) is 6.28. The molecule has 106 valence electrons. The summed E-state index contributed by atoms with van der Waals surface area (Å²) >= 11 is 0. The number of amides is 1. The predicted molar refractivity (Wildman–Crippen MR) is 67.9 cm³/mol. The molecule has 6 nitrogen and oxygen atoms in total. The second kappa shape index (κ2) is 8.88. The summed E-state index contributed by atoms with van der Waals surface area (Å²) in [7, 11) is 0. The van der Waals surface area contributed by atoms with Crippen LogP contribution in [0.25, 0.3) is 0 Å². The lowest BCUT2D eigenvalue weighted by molar-refractivity contribution is -0.147. The van der Waals surface area contributed by atoms with Crippen molar-refractivity contribution in [2.75, 3.05) is 6.54 Å². The maximum Gasteiger partial charge on any atom is 0.332 e. The van der Waals surface area contributed by atoms with Crippen molar-refractivity contribution in [1.29, 1.82) is 0 Å². The molecule has 2 unspecified atom stereocenters. The molecule has 0 heterocycles. The molecular weight excluding hydrogens is 236 g/mol. The van der Waals surface area contributed by atoms with E-state index in [0.29, 0.717) is 0 Å². The smallest absolute Gasteiger partial charge is 0.332 e. The van der Waals surface area contributed by atoms with Crippen molar-refractivity contribution in [2.45, 2.75) is 51.7 Å². The standard InChI is InChI=1S/C12H24N2O4/c1-8(4-3-5-9(2)13)11(16)14-7-6-10(15)12(17)18/h8-10,15H,3-7,13H2,1-2H3,(H,14,16)(H,17,18)/t8?,9?,10-/m0/s1. The van der Waals surface area contributed by atoms with E-state index in [1.54, 1.807) is 0 Å². The Morgan fingerprint density at radius 1 is 1.22 bits per heavy atom. The van der Waals surface area contributed by atoms with E-state index >= 15 is 0 Å². The van der Waals surface area contributed by atoms with Gasteiger partial charge in [-0.25, -0.2) is 4.79 Å². The van der Waals surface area contributed by atoms with Gasteiger partial charge in [0.05, 0.1) is 0 Å². The summed E-state index contributed by atoms with van der Waals surface area (Å²) in [6.07, 6.45) is 1.14. The zero-order chi connectivity index (χ0) is 14.1. The third-order valence-electron chi connectivity index (χ3n) is 2.75. The van der Waals surface area contributed by atoms with Gasteiger partial charge in [-0.05, 0) is 19.8 Å².